The summed E-state index contributed by atoms with van der Waals surface area (Å²) >= 11 is 7.41. The number of halogens is 1. The molecule has 0 fully saturated rings. The van der Waals surface area contributed by atoms with Crippen molar-refractivity contribution in [3.63, 3.8) is 0 Å². The second-order valence-corrected chi connectivity index (χ2v) is 9.01. The minimum Gasteiger partial charge on any atom is -0.495 e. The highest BCUT2D eigenvalue weighted by molar-refractivity contribution is 8.00. The minimum atomic E-state index is -0.470. The summed E-state index contributed by atoms with van der Waals surface area (Å²) in [6.07, 6.45) is 3.46. The van der Waals surface area contributed by atoms with Crippen LogP contribution >= 0.6 is 23.4 Å². The Morgan fingerprint density at radius 2 is 1.97 bits per heavy atom. The first kappa shape index (κ1) is 22.8. The Kier molecular flexibility index (Phi) is 6.96. The lowest BCUT2D eigenvalue weighted by Gasteiger charge is -2.16. The number of carbonyl (C=O) groups is 1. The van der Waals surface area contributed by atoms with Gasteiger partial charge in [0.15, 0.2) is 11.0 Å². The van der Waals surface area contributed by atoms with Gasteiger partial charge in [0.25, 0.3) is 0 Å². The van der Waals surface area contributed by atoms with Gasteiger partial charge in [-0.1, -0.05) is 41.6 Å². The first-order chi connectivity index (χ1) is 16.0. The number of pyridine rings is 1. The molecule has 2 heterocycles. The Bertz CT molecular complexity index is 1280. The van der Waals surface area contributed by atoms with E-state index in [1.54, 1.807) is 37.7 Å². The van der Waals surface area contributed by atoms with Crippen LogP contribution in [0.5, 0.6) is 5.75 Å². The molecule has 0 radical (unpaired) electrons. The summed E-state index contributed by atoms with van der Waals surface area (Å²) < 4.78 is 7.29. The molecule has 168 valence electrons. The zero-order valence-corrected chi connectivity index (χ0v) is 19.9. The summed E-state index contributed by atoms with van der Waals surface area (Å²) in [5.74, 6) is 0.985. The van der Waals surface area contributed by atoms with Gasteiger partial charge in [-0.2, -0.15) is 0 Å². The predicted molar refractivity (Wildman–Crippen MR) is 131 cm³/mol. The number of benzene rings is 2. The molecule has 0 saturated carbocycles. The molecule has 2 aromatic carbocycles. The van der Waals surface area contributed by atoms with Crippen molar-refractivity contribution in [2.75, 3.05) is 12.4 Å². The van der Waals surface area contributed by atoms with Crippen LogP contribution in [-0.4, -0.2) is 38.0 Å². The van der Waals surface area contributed by atoms with Gasteiger partial charge in [-0.05, 0) is 55.8 Å². The largest absolute Gasteiger partial charge is 0.495 e. The molecule has 0 saturated heterocycles. The summed E-state index contributed by atoms with van der Waals surface area (Å²) in [7, 11) is 1.54. The maximum atomic E-state index is 13.0. The van der Waals surface area contributed by atoms with Crippen molar-refractivity contribution in [2.45, 2.75) is 24.3 Å². The van der Waals surface area contributed by atoms with Gasteiger partial charge in [0.05, 0.1) is 23.7 Å². The maximum Gasteiger partial charge on any atom is 0.237 e. The van der Waals surface area contributed by atoms with E-state index in [-0.39, 0.29) is 5.91 Å². The summed E-state index contributed by atoms with van der Waals surface area (Å²) in [6, 6.07) is 16.8. The lowest BCUT2D eigenvalue weighted by Crippen LogP contribution is -2.23. The van der Waals surface area contributed by atoms with Crippen molar-refractivity contribution < 1.29 is 9.53 Å². The molecule has 0 aliphatic rings. The van der Waals surface area contributed by atoms with E-state index in [1.807, 2.05) is 54.8 Å². The van der Waals surface area contributed by atoms with Gasteiger partial charge in [0, 0.05) is 23.0 Å². The highest BCUT2D eigenvalue weighted by Gasteiger charge is 2.23. The Balaban J connectivity index is 1.66. The predicted octanol–water partition coefficient (Wildman–Crippen LogP) is 5.42. The van der Waals surface area contributed by atoms with Gasteiger partial charge in [-0.25, -0.2) is 0 Å². The molecule has 4 rings (SSSR count). The Morgan fingerprint density at radius 3 is 2.70 bits per heavy atom. The highest BCUT2D eigenvalue weighted by Crippen LogP contribution is 2.33. The van der Waals surface area contributed by atoms with E-state index < -0.39 is 5.25 Å². The Hall–Kier alpha value is -3.36. The number of nitrogens with zero attached hydrogens (tertiary/aromatic N) is 4. The van der Waals surface area contributed by atoms with Crippen LogP contribution in [0.25, 0.3) is 17.1 Å². The molecule has 2 aromatic heterocycles. The normalized spacial score (nSPS) is 11.8. The van der Waals surface area contributed by atoms with Crippen LogP contribution in [0.4, 0.5) is 5.69 Å². The van der Waals surface area contributed by atoms with Gasteiger partial charge in [0.2, 0.25) is 5.91 Å². The molecule has 0 spiro atoms. The van der Waals surface area contributed by atoms with Gasteiger partial charge in [0.1, 0.15) is 5.75 Å². The number of amides is 1. The molecule has 1 atom stereocenters. The monoisotopic (exact) mass is 479 g/mol. The smallest absolute Gasteiger partial charge is 0.237 e. The molecule has 1 unspecified atom stereocenters. The van der Waals surface area contributed by atoms with Crippen LogP contribution in [-0.2, 0) is 4.79 Å². The molecule has 1 N–H and O–H groups in total. The SMILES string of the molecule is COc1ccc(Cl)cc1NC(=O)C(C)Sc1nnc(-c2cccnc2)n1-c1ccccc1C. The van der Waals surface area contributed by atoms with E-state index in [4.69, 9.17) is 16.3 Å². The van der Waals surface area contributed by atoms with Crippen molar-refractivity contribution in [3.8, 4) is 22.8 Å². The van der Waals surface area contributed by atoms with Crippen LogP contribution in [0.3, 0.4) is 0 Å². The standard InChI is InChI=1S/C24H22ClN5O2S/c1-15-7-4-5-9-20(15)30-22(17-8-6-12-26-14-17)28-29-24(30)33-16(2)23(31)27-19-13-18(25)10-11-21(19)32-3/h4-14,16H,1-3H3,(H,27,31). The van der Waals surface area contributed by atoms with E-state index in [2.05, 4.69) is 20.5 Å². The average Bonchev–Trinajstić information content (AvgIpc) is 3.23. The number of hydrogen-bond acceptors (Lipinski definition) is 6. The summed E-state index contributed by atoms with van der Waals surface area (Å²) in [5, 5.41) is 12.4. The van der Waals surface area contributed by atoms with E-state index in [9.17, 15) is 4.79 Å². The molecule has 0 aliphatic carbocycles. The Labute approximate surface area is 201 Å². The molecule has 0 aliphatic heterocycles. The summed E-state index contributed by atoms with van der Waals surface area (Å²) in [6.45, 7) is 3.84. The maximum absolute atomic E-state index is 13.0. The van der Waals surface area contributed by atoms with Crippen molar-refractivity contribution in [1.82, 2.24) is 19.7 Å². The summed E-state index contributed by atoms with van der Waals surface area (Å²) in [4.78, 5) is 17.2. The number of thioether (sulfide) groups is 1. The number of aryl methyl sites for hydroxylation is 1. The molecule has 9 heteroatoms. The van der Waals surface area contributed by atoms with Crippen LogP contribution in [0.1, 0.15) is 12.5 Å². The topological polar surface area (TPSA) is 81.9 Å². The van der Waals surface area contributed by atoms with Gasteiger partial charge in [-0.3, -0.25) is 14.3 Å². The second-order valence-electron chi connectivity index (χ2n) is 7.26. The highest BCUT2D eigenvalue weighted by atomic mass is 35.5. The number of ether oxygens (including phenoxy) is 1. The second kappa shape index (κ2) is 10.1. The number of rotatable bonds is 7. The number of hydrogen-bond donors (Lipinski definition) is 1. The molecule has 7 nitrogen and oxygen atoms in total. The number of para-hydroxylation sites is 1. The van der Waals surface area contributed by atoms with Gasteiger partial charge in [-0.15, -0.1) is 10.2 Å². The molecular weight excluding hydrogens is 458 g/mol. The third kappa shape index (κ3) is 5.02. The van der Waals surface area contributed by atoms with E-state index >= 15 is 0 Å². The Morgan fingerprint density at radius 1 is 1.15 bits per heavy atom. The summed E-state index contributed by atoms with van der Waals surface area (Å²) in [5.41, 5.74) is 3.35. The number of anilines is 1. The van der Waals surface area contributed by atoms with Crippen molar-refractivity contribution in [1.29, 1.82) is 0 Å². The molecular formula is C24H22ClN5O2S. The molecule has 33 heavy (non-hydrogen) atoms. The zero-order chi connectivity index (χ0) is 23.4. The van der Waals surface area contributed by atoms with Crippen LogP contribution in [0, 0.1) is 6.92 Å². The number of aromatic nitrogens is 4. The van der Waals surface area contributed by atoms with Crippen molar-refractivity contribution in [3.05, 3.63) is 77.6 Å². The number of carbonyl (C=O) groups excluding carboxylic acids is 1. The lowest BCUT2D eigenvalue weighted by molar-refractivity contribution is -0.115. The third-order valence-electron chi connectivity index (χ3n) is 4.98. The van der Waals surface area contributed by atoms with Crippen LogP contribution < -0.4 is 10.1 Å². The lowest BCUT2D eigenvalue weighted by atomic mass is 10.2. The molecule has 0 bridgehead atoms. The minimum absolute atomic E-state index is 0.206. The third-order valence-corrected chi connectivity index (χ3v) is 6.26. The van der Waals surface area contributed by atoms with Gasteiger partial charge < -0.3 is 10.1 Å². The molecule has 1 amide bonds. The fraction of sp³-hybridized carbons (Fsp3) is 0.167. The van der Waals surface area contributed by atoms with Crippen molar-refractivity contribution >= 4 is 35.0 Å². The first-order valence-electron chi connectivity index (χ1n) is 10.2. The number of nitrogens with one attached hydrogen (secondary N) is 1. The molecule has 4 aromatic rings. The quantitative estimate of drug-likeness (QED) is 0.356. The zero-order valence-electron chi connectivity index (χ0n) is 18.3. The van der Waals surface area contributed by atoms with E-state index in [0.29, 0.717) is 27.4 Å². The van der Waals surface area contributed by atoms with E-state index in [0.717, 1.165) is 16.8 Å². The van der Waals surface area contributed by atoms with Gasteiger partial charge >= 0.3 is 0 Å². The van der Waals surface area contributed by atoms with Crippen LogP contribution in [0.2, 0.25) is 5.02 Å². The average molecular weight is 480 g/mol. The number of methoxy groups -OCH3 is 1. The van der Waals surface area contributed by atoms with Crippen LogP contribution in [0.15, 0.2) is 72.1 Å². The van der Waals surface area contributed by atoms with E-state index in [1.165, 1.54) is 11.8 Å². The fourth-order valence-corrected chi connectivity index (χ4v) is 4.32. The fourth-order valence-electron chi connectivity index (χ4n) is 3.28. The first-order valence-corrected chi connectivity index (χ1v) is 11.5. The van der Waals surface area contributed by atoms with Crippen molar-refractivity contribution in [2.24, 2.45) is 0 Å².